The van der Waals surface area contributed by atoms with Gasteiger partial charge in [0.15, 0.2) is 0 Å². The summed E-state index contributed by atoms with van der Waals surface area (Å²) < 4.78 is 50.4. The number of nitrogen functional groups attached to an aromatic ring is 1. The fraction of sp³-hybridized carbons (Fsp3) is 0.286. The lowest BCUT2D eigenvalue weighted by atomic mass is 10.0. The number of nitrogens with two attached hydrogens (primary N) is 1. The predicted octanol–water partition coefficient (Wildman–Crippen LogP) is 3.38. The van der Waals surface area contributed by atoms with Crippen molar-refractivity contribution >= 4 is 22.6 Å². The summed E-state index contributed by atoms with van der Waals surface area (Å²) in [6.07, 6.45) is -3.73. The van der Waals surface area contributed by atoms with E-state index in [0.29, 0.717) is 35.2 Å². The molecule has 1 saturated heterocycles. The van der Waals surface area contributed by atoms with Crippen LogP contribution in [0.2, 0.25) is 0 Å². The summed E-state index contributed by atoms with van der Waals surface area (Å²) in [5.41, 5.74) is 7.57. The number of rotatable bonds is 5. The first-order valence-corrected chi connectivity index (χ1v) is 9.61. The number of halogens is 4. The second kappa shape index (κ2) is 8.10. The molecule has 0 radical (unpaired) electrons. The van der Waals surface area contributed by atoms with E-state index in [-0.39, 0.29) is 24.0 Å². The van der Waals surface area contributed by atoms with E-state index in [9.17, 15) is 22.4 Å². The number of aromatic nitrogens is 2. The van der Waals surface area contributed by atoms with Gasteiger partial charge in [-0.25, -0.2) is 14.4 Å². The molecular formula is C21H19F4N5O. The zero-order valence-corrected chi connectivity index (χ0v) is 16.3. The molecule has 1 aliphatic heterocycles. The number of benzene rings is 1. The number of fused-ring (bicyclic) bond motifs is 1. The van der Waals surface area contributed by atoms with Crippen LogP contribution in [0, 0.1) is 5.82 Å². The Hall–Kier alpha value is -3.27. The number of likely N-dealkylation sites (tertiary alicyclic amines) is 1. The number of nitrogens with zero attached hydrogens (tertiary/aromatic N) is 3. The van der Waals surface area contributed by atoms with Gasteiger partial charge in [-0.1, -0.05) is 12.1 Å². The molecule has 0 saturated carbocycles. The largest absolute Gasteiger partial charge is 0.390 e. The molecule has 0 atom stereocenters. The van der Waals surface area contributed by atoms with Gasteiger partial charge in [-0.3, -0.25) is 9.69 Å². The van der Waals surface area contributed by atoms with Gasteiger partial charge in [0.2, 0.25) is 0 Å². The molecule has 0 bridgehead atoms. The Balaban J connectivity index is 1.49. The van der Waals surface area contributed by atoms with Crippen LogP contribution >= 0.6 is 0 Å². The molecule has 0 unspecified atom stereocenters. The van der Waals surface area contributed by atoms with Crippen LogP contribution < -0.4 is 11.1 Å². The number of alkyl halides is 3. The van der Waals surface area contributed by atoms with Gasteiger partial charge in [0.1, 0.15) is 17.2 Å². The third kappa shape index (κ3) is 4.74. The molecule has 3 heterocycles. The Bertz CT molecular complexity index is 1130. The van der Waals surface area contributed by atoms with Crippen LogP contribution in [0.4, 0.5) is 23.4 Å². The maximum atomic E-state index is 13.5. The number of hydrogen-bond donors (Lipinski definition) is 2. The molecule has 4 rings (SSSR count). The molecule has 31 heavy (non-hydrogen) atoms. The van der Waals surface area contributed by atoms with Crippen LogP contribution in [-0.4, -0.2) is 52.6 Å². The molecule has 3 N–H and O–H groups in total. The van der Waals surface area contributed by atoms with Crippen molar-refractivity contribution in [2.45, 2.75) is 18.6 Å². The zero-order valence-electron chi connectivity index (χ0n) is 16.3. The summed E-state index contributed by atoms with van der Waals surface area (Å²) in [4.78, 5) is 22.9. The number of carbonyl (C=O) groups excluding carboxylic acids is 1. The third-order valence-electron chi connectivity index (χ3n) is 5.13. The van der Waals surface area contributed by atoms with E-state index in [1.807, 2.05) is 0 Å². The van der Waals surface area contributed by atoms with E-state index in [0.717, 1.165) is 0 Å². The average molecular weight is 433 g/mol. The second-order valence-corrected chi connectivity index (χ2v) is 7.46. The molecule has 0 aliphatic carbocycles. The molecule has 162 valence electrons. The number of anilines is 1. The first-order valence-electron chi connectivity index (χ1n) is 9.61. The van der Waals surface area contributed by atoms with E-state index in [4.69, 9.17) is 5.73 Å². The normalized spacial score (nSPS) is 15.1. The van der Waals surface area contributed by atoms with Crippen molar-refractivity contribution < 1.29 is 22.4 Å². The highest BCUT2D eigenvalue weighted by Crippen LogP contribution is 2.27. The fourth-order valence-corrected chi connectivity index (χ4v) is 3.52. The van der Waals surface area contributed by atoms with Gasteiger partial charge in [-0.05, 0) is 24.3 Å². The topological polar surface area (TPSA) is 84.1 Å². The van der Waals surface area contributed by atoms with Gasteiger partial charge in [0, 0.05) is 36.8 Å². The zero-order chi connectivity index (χ0) is 22.2. The van der Waals surface area contributed by atoms with Crippen molar-refractivity contribution in [3.05, 3.63) is 54.0 Å². The van der Waals surface area contributed by atoms with Crippen LogP contribution in [0.3, 0.4) is 0 Å². The monoisotopic (exact) mass is 433 g/mol. The van der Waals surface area contributed by atoms with Gasteiger partial charge in [-0.2, -0.15) is 13.2 Å². The van der Waals surface area contributed by atoms with E-state index < -0.39 is 24.3 Å². The Kier molecular flexibility index (Phi) is 5.48. The van der Waals surface area contributed by atoms with Crippen LogP contribution in [0.25, 0.3) is 22.2 Å². The van der Waals surface area contributed by atoms with Gasteiger partial charge in [0.05, 0.1) is 23.7 Å². The standard InChI is InChI=1S/C21H19F4N5O/c22-13-3-1-2-12(8-13)17-5-4-15-16(9-27-19(26)18(15)29-17)20(31)28-14-10-30(11-14)7-6-21(23,24)25/h1-5,8-9,14H,6-7,10-11H2,(H2,26,27)(H,28,31). The van der Waals surface area contributed by atoms with Crippen molar-refractivity contribution in [3.63, 3.8) is 0 Å². The van der Waals surface area contributed by atoms with Crippen LogP contribution in [0.5, 0.6) is 0 Å². The van der Waals surface area contributed by atoms with Gasteiger partial charge >= 0.3 is 6.18 Å². The number of hydrogen-bond acceptors (Lipinski definition) is 5. The van der Waals surface area contributed by atoms with Crippen molar-refractivity contribution in [1.29, 1.82) is 0 Å². The van der Waals surface area contributed by atoms with Crippen molar-refractivity contribution in [2.24, 2.45) is 0 Å². The first kappa shape index (κ1) is 21.0. The van der Waals surface area contributed by atoms with Crippen LogP contribution in [-0.2, 0) is 0 Å². The summed E-state index contributed by atoms with van der Waals surface area (Å²) in [5.74, 6) is -0.673. The highest BCUT2D eigenvalue weighted by atomic mass is 19.4. The highest BCUT2D eigenvalue weighted by Gasteiger charge is 2.33. The minimum absolute atomic E-state index is 0.0883. The van der Waals surface area contributed by atoms with Crippen LogP contribution in [0.15, 0.2) is 42.6 Å². The highest BCUT2D eigenvalue weighted by molar-refractivity contribution is 6.08. The maximum Gasteiger partial charge on any atom is 0.390 e. The van der Waals surface area contributed by atoms with Crippen molar-refractivity contribution in [3.8, 4) is 11.3 Å². The number of carbonyl (C=O) groups is 1. The van der Waals surface area contributed by atoms with Crippen molar-refractivity contribution in [1.82, 2.24) is 20.2 Å². The average Bonchev–Trinajstić information content (AvgIpc) is 2.69. The minimum atomic E-state index is -4.19. The molecule has 0 spiro atoms. The third-order valence-corrected chi connectivity index (χ3v) is 5.13. The summed E-state index contributed by atoms with van der Waals surface area (Å²) >= 11 is 0. The molecule has 3 aromatic rings. The lowest BCUT2D eigenvalue weighted by Gasteiger charge is -2.39. The Morgan fingerprint density at radius 3 is 2.71 bits per heavy atom. The van der Waals surface area contributed by atoms with E-state index >= 15 is 0 Å². The molecule has 6 nitrogen and oxygen atoms in total. The van der Waals surface area contributed by atoms with E-state index in [1.165, 1.54) is 18.3 Å². The van der Waals surface area contributed by atoms with Crippen molar-refractivity contribution in [2.75, 3.05) is 25.4 Å². The lowest BCUT2D eigenvalue weighted by molar-refractivity contribution is -0.140. The van der Waals surface area contributed by atoms with Gasteiger partial charge in [0.25, 0.3) is 5.91 Å². The SMILES string of the molecule is Nc1ncc(C(=O)NC2CN(CCC(F)(F)F)C2)c2ccc(-c3cccc(F)c3)nc12. The Morgan fingerprint density at radius 1 is 1.23 bits per heavy atom. The Labute approximate surface area is 175 Å². The summed E-state index contributed by atoms with van der Waals surface area (Å²) in [6, 6.07) is 9.04. The van der Waals surface area contributed by atoms with Gasteiger partial charge in [-0.15, -0.1) is 0 Å². The quantitative estimate of drug-likeness (QED) is 0.603. The maximum absolute atomic E-state index is 13.5. The molecule has 1 fully saturated rings. The van der Waals surface area contributed by atoms with Gasteiger partial charge < -0.3 is 11.1 Å². The first-order chi connectivity index (χ1) is 14.7. The van der Waals surface area contributed by atoms with E-state index in [2.05, 4.69) is 15.3 Å². The van der Waals surface area contributed by atoms with Crippen LogP contribution in [0.1, 0.15) is 16.8 Å². The molecule has 10 heteroatoms. The summed E-state index contributed by atoms with van der Waals surface area (Å²) in [7, 11) is 0. The Morgan fingerprint density at radius 2 is 2.00 bits per heavy atom. The fourth-order valence-electron chi connectivity index (χ4n) is 3.52. The number of amides is 1. The lowest BCUT2D eigenvalue weighted by Crippen LogP contribution is -2.59. The van der Waals surface area contributed by atoms with E-state index in [1.54, 1.807) is 29.2 Å². The minimum Gasteiger partial charge on any atom is -0.382 e. The number of pyridine rings is 2. The summed E-state index contributed by atoms with van der Waals surface area (Å²) in [6.45, 7) is 0.614. The smallest absolute Gasteiger partial charge is 0.382 e. The molecular weight excluding hydrogens is 414 g/mol. The molecule has 1 aliphatic rings. The summed E-state index contributed by atoms with van der Waals surface area (Å²) in [5, 5.41) is 3.29. The second-order valence-electron chi connectivity index (χ2n) is 7.46. The molecule has 1 amide bonds. The molecule has 1 aromatic carbocycles. The molecule has 2 aromatic heterocycles. The predicted molar refractivity (Wildman–Crippen MR) is 108 cm³/mol. The number of nitrogens with one attached hydrogen (secondary N) is 1.